The van der Waals surface area contributed by atoms with Crippen molar-refractivity contribution in [3.63, 3.8) is 0 Å². The number of halogens is 3. The summed E-state index contributed by atoms with van der Waals surface area (Å²) < 4.78 is 43.3. The van der Waals surface area contributed by atoms with Gasteiger partial charge >= 0.3 is 12.3 Å². The van der Waals surface area contributed by atoms with E-state index in [4.69, 9.17) is 4.74 Å². The SMILES string of the molecule is O=C(Nc1cccc(C(F)(F)F)c1)O[C@H]1CN2CCC1CC2. The minimum atomic E-state index is -4.43. The molecule has 3 saturated heterocycles. The summed E-state index contributed by atoms with van der Waals surface area (Å²) in [6.45, 7) is 2.76. The molecule has 0 saturated carbocycles. The number of ether oxygens (including phenoxy) is 1. The Kier molecular flexibility index (Phi) is 3.99. The molecule has 2 bridgehead atoms. The lowest BCUT2D eigenvalue weighted by Crippen LogP contribution is -2.52. The highest BCUT2D eigenvalue weighted by Gasteiger charge is 2.36. The Labute approximate surface area is 126 Å². The van der Waals surface area contributed by atoms with Crippen molar-refractivity contribution in [2.75, 3.05) is 25.0 Å². The number of piperidine rings is 3. The van der Waals surface area contributed by atoms with Gasteiger partial charge in [0.1, 0.15) is 6.10 Å². The molecule has 1 amide bonds. The fraction of sp³-hybridized carbons (Fsp3) is 0.533. The highest BCUT2D eigenvalue weighted by molar-refractivity contribution is 5.84. The number of amides is 1. The van der Waals surface area contributed by atoms with Crippen LogP contribution in [0.5, 0.6) is 0 Å². The van der Waals surface area contributed by atoms with Crippen LogP contribution in [0, 0.1) is 5.92 Å². The molecule has 0 unspecified atom stereocenters. The summed E-state index contributed by atoms with van der Waals surface area (Å²) >= 11 is 0. The number of carbonyl (C=O) groups is 1. The fourth-order valence-electron chi connectivity index (χ4n) is 3.10. The minimum absolute atomic E-state index is 0.0844. The molecule has 0 aromatic heterocycles. The predicted octanol–water partition coefficient (Wildman–Crippen LogP) is 3.35. The quantitative estimate of drug-likeness (QED) is 0.910. The zero-order valence-corrected chi connectivity index (χ0v) is 11.9. The predicted molar refractivity (Wildman–Crippen MR) is 74.5 cm³/mol. The average molecular weight is 314 g/mol. The molecule has 3 fully saturated rings. The molecule has 120 valence electrons. The van der Waals surface area contributed by atoms with Crippen molar-refractivity contribution < 1.29 is 22.7 Å². The first-order valence-electron chi connectivity index (χ1n) is 7.29. The van der Waals surface area contributed by atoms with E-state index in [2.05, 4.69) is 10.2 Å². The van der Waals surface area contributed by atoms with Gasteiger partial charge < -0.3 is 4.74 Å². The van der Waals surface area contributed by atoms with Gasteiger partial charge in [-0.2, -0.15) is 13.2 Å². The number of anilines is 1. The van der Waals surface area contributed by atoms with E-state index in [9.17, 15) is 18.0 Å². The van der Waals surface area contributed by atoms with Crippen LogP contribution in [0.2, 0.25) is 0 Å². The third-order valence-corrected chi connectivity index (χ3v) is 4.29. The van der Waals surface area contributed by atoms with Gasteiger partial charge in [0, 0.05) is 12.2 Å². The molecule has 1 aromatic rings. The molecule has 22 heavy (non-hydrogen) atoms. The normalized spacial score (nSPS) is 27.5. The second-order valence-corrected chi connectivity index (χ2v) is 5.79. The van der Waals surface area contributed by atoms with Crippen molar-refractivity contribution in [1.29, 1.82) is 0 Å². The molecule has 4 nitrogen and oxygen atoms in total. The van der Waals surface area contributed by atoms with E-state index in [1.165, 1.54) is 12.1 Å². The molecule has 0 radical (unpaired) electrons. The van der Waals surface area contributed by atoms with E-state index in [0.29, 0.717) is 12.5 Å². The summed E-state index contributed by atoms with van der Waals surface area (Å²) in [5.74, 6) is 0.359. The van der Waals surface area contributed by atoms with Gasteiger partial charge in [-0.1, -0.05) is 6.07 Å². The topological polar surface area (TPSA) is 41.6 Å². The van der Waals surface area contributed by atoms with Gasteiger partial charge in [-0.3, -0.25) is 10.2 Å². The van der Waals surface area contributed by atoms with Crippen molar-refractivity contribution in [3.8, 4) is 0 Å². The minimum Gasteiger partial charge on any atom is -0.444 e. The molecule has 0 spiro atoms. The monoisotopic (exact) mass is 314 g/mol. The largest absolute Gasteiger partial charge is 0.444 e. The molecule has 3 heterocycles. The van der Waals surface area contributed by atoms with Crippen LogP contribution in [0.1, 0.15) is 18.4 Å². The fourth-order valence-corrected chi connectivity index (χ4v) is 3.10. The number of nitrogens with zero attached hydrogens (tertiary/aromatic N) is 1. The lowest BCUT2D eigenvalue weighted by atomic mass is 9.86. The molecule has 7 heteroatoms. The van der Waals surface area contributed by atoms with Crippen molar-refractivity contribution in [2.45, 2.75) is 25.1 Å². The maximum Gasteiger partial charge on any atom is 0.416 e. The molecule has 3 aliphatic rings. The van der Waals surface area contributed by atoms with Gasteiger partial charge in [-0.25, -0.2) is 4.79 Å². The van der Waals surface area contributed by atoms with E-state index in [0.717, 1.165) is 38.1 Å². The zero-order chi connectivity index (χ0) is 15.7. The molecular weight excluding hydrogens is 297 g/mol. The molecule has 4 rings (SSSR count). The number of rotatable bonds is 2. The van der Waals surface area contributed by atoms with Crippen molar-refractivity contribution in [2.24, 2.45) is 5.92 Å². The Morgan fingerprint density at radius 3 is 2.59 bits per heavy atom. The molecule has 1 aromatic carbocycles. The van der Waals surface area contributed by atoms with Crippen molar-refractivity contribution >= 4 is 11.8 Å². The van der Waals surface area contributed by atoms with E-state index >= 15 is 0 Å². The summed E-state index contributed by atoms with van der Waals surface area (Å²) in [6.07, 6.45) is -3.30. The van der Waals surface area contributed by atoms with Crippen molar-refractivity contribution in [1.82, 2.24) is 4.90 Å². The Hall–Kier alpha value is -1.76. The Bertz CT molecular complexity index is 554. The number of hydrogen-bond donors (Lipinski definition) is 1. The van der Waals surface area contributed by atoms with Crippen LogP contribution in [-0.2, 0) is 10.9 Å². The summed E-state index contributed by atoms with van der Waals surface area (Å²) in [4.78, 5) is 14.1. The number of alkyl halides is 3. The van der Waals surface area contributed by atoms with Crippen LogP contribution < -0.4 is 5.32 Å². The maximum absolute atomic E-state index is 12.6. The summed E-state index contributed by atoms with van der Waals surface area (Å²) in [5, 5.41) is 2.38. The zero-order valence-electron chi connectivity index (χ0n) is 11.9. The van der Waals surface area contributed by atoms with Gasteiger partial charge in [0.25, 0.3) is 0 Å². The highest BCUT2D eigenvalue weighted by Crippen LogP contribution is 2.31. The van der Waals surface area contributed by atoms with Crippen LogP contribution >= 0.6 is 0 Å². The van der Waals surface area contributed by atoms with Gasteiger partial charge in [0.15, 0.2) is 0 Å². The highest BCUT2D eigenvalue weighted by atomic mass is 19.4. The van der Waals surface area contributed by atoms with Crippen LogP contribution in [0.3, 0.4) is 0 Å². The second kappa shape index (κ2) is 5.79. The second-order valence-electron chi connectivity index (χ2n) is 5.79. The lowest BCUT2D eigenvalue weighted by molar-refractivity contribution is -0.137. The summed E-state index contributed by atoms with van der Waals surface area (Å²) in [6, 6.07) is 4.53. The van der Waals surface area contributed by atoms with Crippen LogP contribution in [0.15, 0.2) is 24.3 Å². The molecule has 3 aliphatic heterocycles. The lowest BCUT2D eigenvalue weighted by Gasteiger charge is -2.43. The number of carbonyl (C=O) groups excluding carboxylic acids is 1. The molecule has 1 N–H and O–H groups in total. The van der Waals surface area contributed by atoms with E-state index < -0.39 is 17.8 Å². The molecule has 1 atom stereocenters. The first-order chi connectivity index (χ1) is 10.4. The van der Waals surface area contributed by atoms with E-state index in [1.54, 1.807) is 0 Å². The number of fused-ring (bicyclic) bond motifs is 3. The van der Waals surface area contributed by atoms with Crippen molar-refractivity contribution in [3.05, 3.63) is 29.8 Å². The summed E-state index contributed by atoms with van der Waals surface area (Å²) in [7, 11) is 0. The third-order valence-electron chi connectivity index (χ3n) is 4.29. The Balaban J connectivity index is 1.60. The van der Waals surface area contributed by atoms with Crippen LogP contribution in [0.25, 0.3) is 0 Å². The number of nitrogens with one attached hydrogen (secondary N) is 1. The summed E-state index contributed by atoms with van der Waals surface area (Å²) in [5.41, 5.74) is -0.714. The first-order valence-corrected chi connectivity index (χ1v) is 7.29. The van der Waals surface area contributed by atoms with Gasteiger partial charge in [-0.05, 0) is 50.0 Å². The first kappa shape index (κ1) is 15.1. The van der Waals surface area contributed by atoms with Gasteiger partial charge in [-0.15, -0.1) is 0 Å². The van der Waals surface area contributed by atoms with Crippen LogP contribution in [0.4, 0.5) is 23.7 Å². The smallest absolute Gasteiger partial charge is 0.416 e. The van der Waals surface area contributed by atoms with Gasteiger partial charge in [0.2, 0.25) is 0 Å². The molecular formula is C15H17F3N2O2. The maximum atomic E-state index is 12.6. The van der Waals surface area contributed by atoms with E-state index in [-0.39, 0.29) is 11.8 Å². The molecule has 0 aliphatic carbocycles. The standard InChI is InChI=1S/C15H17F3N2O2/c16-15(17,18)11-2-1-3-12(8-11)19-14(21)22-13-9-20-6-4-10(13)5-7-20/h1-3,8,10,13H,4-7,9H2,(H,19,21)/t13-/m0/s1. The Morgan fingerprint density at radius 2 is 2.00 bits per heavy atom. The average Bonchev–Trinajstić information content (AvgIpc) is 2.47. The van der Waals surface area contributed by atoms with E-state index in [1.807, 2.05) is 0 Å². The van der Waals surface area contributed by atoms with Crippen LogP contribution in [-0.4, -0.2) is 36.7 Å². The number of benzene rings is 1. The third kappa shape index (κ3) is 3.35. The van der Waals surface area contributed by atoms with Gasteiger partial charge in [0.05, 0.1) is 5.56 Å². The Morgan fingerprint density at radius 1 is 1.27 bits per heavy atom. The number of hydrogen-bond acceptors (Lipinski definition) is 3.